The summed E-state index contributed by atoms with van der Waals surface area (Å²) < 4.78 is 0.729. The molecule has 0 aliphatic rings. The van der Waals surface area contributed by atoms with Crippen LogP contribution in [0.15, 0.2) is 27.6 Å². The van der Waals surface area contributed by atoms with Crippen LogP contribution in [-0.4, -0.2) is 35.6 Å². The van der Waals surface area contributed by atoms with Crippen LogP contribution in [0.4, 0.5) is 0 Å². The Labute approximate surface area is 109 Å². The zero-order valence-corrected chi connectivity index (χ0v) is 11.6. The first kappa shape index (κ1) is 13.5. The van der Waals surface area contributed by atoms with Crippen molar-refractivity contribution in [3.8, 4) is 0 Å². The third-order valence-corrected chi connectivity index (χ3v) is 3.03. The summed E-state index contributed by atoms with van der Waals surface area (Å²) in [5, 5.41) is 9.22. The third kappa shape index (κ3) is 3.50. The van der Waals surface area contributed by atoms with Gasteiger partial charge in [0.1, 0.15) is 0 Å². The molecule has 0 heterocycles. The maximum Gasteiger partial charge on any atom is 0.254 e. The molecular weight excluding hydrogens is 290 g/mol. The van der Waals surface area contributed by atoms with Gasteiger partial charge in [0, 0.05) is 23.0 Å². The Morgan fingerprint density at radius 2 is 2.25 bits per heavy atom. The normalized spacial score (nSPS) is 12.3. The van der Waals surface area contributed by atoms with Crippen molar-refractivity contribution in [2.45, 2.75) is 17.9 Å². The second-order valence-electron chi connectivity index (χ2n) is 3.70. The maximum absolute atomic E-state index is 12.0. The molecule has 0 saturated carbocycles. The molecule has 1 aromatic rings. The van der Waals surface area contributed by atoms with Crippen molar-refractivity contribution < 1.29 is 9.90 Å². The second-order valence-corrected chi connectivity index (χ2v) is 5.07. The zero-order chi connectivity index (χ0) is 12.3. The van der Waals surface area contributed by atoms with Crippen molar-refractivity contribution in [3.05, 3.63) is 28.2 Å². The number of hydrogen-bond acceptors (Lipinski definition) is 3. The van der Waals surface area contributed by atoms with Gasteiger partial charge in [-0.25, -0.2) is 0 Å². The fourth-order valence-corrected chi connectivity index (χ4v) is 1.98. The first-order valence-electron chi connectivity index (χ1n) is 4.84. The summed E-state index contributed by atoms with van der Waals surface area (Å²) in [6.45, 7) is 1.95. The van der Waals surface area contributed by atoms with Gasteiger partial charge >= 0.3 is 0 Å². The van der Waals surface area contributed by atoms with Gasteiger partial charge in [0.05, 0.1) is 11.7 Å². The second kappa shape index (κ2) is 5.70. The summed E-state index contributed by atoms with van der Waals surface area (Å²) >= 11 is 7.51. The van der Waals surface area contributed by atoms with Gasteiger partial charge in [-0.3, -0.25) is 4.79 Å². The number of carbonyl (C=O) groups is 1. The average molecular weight is 304 g/mol. The number of thiol groups is 1. The molecule has 88 valence electrons. The van der Waals surface area contributed by atoms with E-state index in [1.54, 1.807) is 32.2 Å². The fraction of sp³-hybridized carbons (Fsp3) is 0.364. The van der Waals surface area contributed by atoms with Crippen LogP contribution in [0.2, 0.25) is 0 Å². The fourth-order valence-electron chi connectivity index (χ4n) is 1.36. The largest absolute Gasteiger partial charge is 0.392 e. The van der Waals surface area contributed by atoms with Crippen LogP contribution in [0, 0.1) is 0 Å². The highest BCUT2D eigenvalue weighted by molar-refractivity contribution is 9.10. The molecule has 0 spiro atoms. The standard InChI is InChI=1S/C11H14BrNO2S/c1-7(14)6-13(2)11(15)9-5-8(16)3-4-10(9)12/h3-5,7,14,16H,6H2,1-2H3. The molecule has 1 N–H and O–H groups in total. The molecule has 0 aliphatic heterocycles. The SMILES string of the molecule is CC(O)CN(C)C(=O)c1cc(S)ccc1Br. The molecule has 0 fully saturated rings. The van der Waals surface area contributed by atoms with E-state index in [2.05, 4.69) is 28.6 Å². The maximum atomic E-state index is 12.0. The van der Waals surface area contributed by atoms with Crippen LogP contribution >= 0.6 is 28.6 Å². The van der Waals surface area contributed by atoms with Crippen molar-refractivity contribution in [2.75, 3.05) is 13.6 Å². The molecule has 0 aromatic heterocycles. The summed E-state index contributed by atoms with van der Waals surface area (Å²) in [6.07, 6.45) is -0.535. The molecule has 1 rings (SSSR count). The Bertz CT molecular complexity index is 396. The number of hydrogen-bond donors (Lipinski definition) is 2. The van der Waals surface area contributed by atoms with Crippen molar-refractivity contribution >= 4 is 34.5 Å². The minimum absolute atomic E-state index is 0.135. The van der Waals surface area contributed by atoms with E-state index in [1.807, 2.05) is 0 Å². The predicted molar refractivity (Wildman–Crippen MR) is 70.0 cm³/mol. The highest BCUT2D eigenvalue weighted by Gasteiger charge is 2.16. The van der Waals surface area contributed by atoms with Gasteiger partial charge < -0.3 is 10.0 Å². The van der Waals surface area contributed by atoms with E-state index in [4.69, 9.17) is 0 Å². The number of rotatable bonds is 3. The van der Waals surface area contributed by atoms with E-state index in [0.717, 1.165) is 9.37 Å². The minimum Gasteiger partial charge on any atom is -0.392 e. The lowest BCUT2D eigenvalue weighted by atomic mass is 10.2. The number of nitrogens with zero attached hydrogens (tertiary/aromatic N) is 1. The first-order chi connectivity index (χ1) is 7.41. The smallest absolute Gasteiger partial charge is 0.254 e. The van der Waals surface area contributed by atoms with E-state index in [0.29, 0.717) is 12.1 Å². The van der Waals surface area contributed by atoms with Crippen LogP contribution in [0.5, 0.6) is 0 Å². The molecule has 5 heteroatoms. The lowest BCUT2D eigenvalue weighted by Gasteiger charge is -2.19. The van der Waals surface area contributed by atoms with Crippen LogP contribution in [0.3, 0.4) is 0 Å². The number of halogens is 1. The van der Waals surface area contributed by atoms with Gasteiger partial charge in [-0.1, -0.05) is 0 Å². The molecule has 1 atom stereocenters. The van der Waals surface area contributed by atoms with Crippen molar-refractivity contribution in [1.29, 1.82) is 0 Å². The van der Waals surface area contributed by atoms with Gasteiger partial charge in [-0.15, -0.1) is 12.6 Å². The number of aliphatic hydroxyl groups is 1. The average Bonchev–Trinajstić information content (AvgIpc) is 2.19. The summed E-state index contributed by atoms with van der Waals surface area (Å²) in [4.78, 5) is 14.2. The van der Waals surface area contributed by atoms with Crippen molar-refractivity contribution in [1.82, 2.24) is 4.90 Å². The number of aliphatic hydroxyl groups excluding tert-OH is 1. The van der Waals surface area contributed by atoms with E-state index in [9.17, 15) is 9.90 Å². The van der Waals surface area contributed by atoms with Crippen molar-refractivity contribution in [3.63, 3.8) is 0 Å². The Morgan fingerprint density at radius 3 is 2.81 bits per heavy atom. The Balaban J connectivity index is 2.91. The summed E-state index contributed by atoms with van der Waals surface area (Å²) in [5.74, 6) is -0.135. The predicted octanol–water partition coefficient (Wildman–Crippen LogP) is 2.19. The molecular formula is C11H14BrNO2S. The molecule has 0 saturated heterocycles. The molecule has 0 bridgehead atoms. The topological polar surface area (TPSA) is 40.5 Å². The molecule has 16 heavy (non-hydrogen) atoms. The Hall–Kier alpha value is -0.520. The minimum atomic E-state index is -0.535. The van der Waals surface area contributed by atoms with Gasteiger partial charge in [-0.05, 0) is 41.1 Å². The van der Waals surface area contributed by atoms with Crippen LogP contribution in [-0.2, 0) is 0 Å². The van der Waals surface area contributed by atoms with E-state index >= 15 is 0 Å². The summed E-state index contributed by atoms with van der Waals surface area (Å²) in [5.41, 5.74) is 0.552. The van der Waals surface area contributed by atoms with Gasteiger partial charge in [-0.2, -0.15) is 0 Å². The van der Waals surface area contributed by atoms with Gasteiger partial charge in [0.25, 0.3) is 5.91 Å². The van der Waals surface area contributed by atoms with E-state index in [1.165, 1.54) is 4.90 Å². The molecule has 1 amide bonds. The molecule has 3 nitrogen and oxygen atoms in total. The van der Waals surface area contributed by atoms with Crippen LogP contribution < -0.4 is 0 Å². The van der Waals surface area contributed by atoms with E-state index in [-0.39, 0.29) is 5.91 Å². The van der Waals surface area contributed by atoms with E-state index < -0.39 is 6.10 Å². The van der Waals surface area contributed by atoms with Gasteiger partial charge in [0.2, 0.25) is 0 Å². The molecule has 1 aromatic carbocycles. The van der Waals surface area contributed by atoms with Crippen LogP contribution in [0.25, 0.3) is 0 Å². The molecule has 0 aliphatic carbocycles. The molecule has 1 unspecified atom stereocenters. The number of benzene rings is 1. The van der Waals surface area contributed by atoms with Crippen LogP contribution in [0.1, 0.15) is 17.3 Å². The number of likely N-dealkylation sites (N-methyl/N-ethyl adjacent to an activating group) is 1. The summed E-state index contributed by atoms with van der Waals surface area (Å²) in [7, 11) is 1.66. The number of amides is 1. The quantitative estimate of drug-likeness (QED) is 0.841. The Kier molecular flexibility index (Phi) is 4.83. The van der Waals surface area contributed by atoms with Crippen molar-refractivity contribution in [2.24, 2.45) is 0 Å². The monoisotopic (exact) mass is 303 g/mol. The molecule has 0 radical (unpaired) electrons. The lowest BCUT2D eigenvalue weighted by Crippen LogP contribution is -2.33. The van der Waals surface area contributed by atoms with Gasteiger partial charge in [0.15, 0.2) is 0 Å². The first-order valence-corrected chi connectivity index (χ1v) is 6.08. The highest BCUT2D eigenvalue weighted by atomic mass is 79.9. The Morgan fingerprint density at radius 1 is 1.62 bits per heavy atom. The third-order valence-electron chi connectivity index (χ3n) is 2.07. The zero-order valence-electron chi connectivity index (χ0n) is 9.14. The summed E-state index contributed by atoms with van der Waals surface area (Å²) in [6, 6.07) is 5.29. The number of carbonyl (C=O) groups excluding carboxylic acids is 1. The lowest BCUT2D eigenvalue weighted by molar-refractivity contribution is 0.0702. The highest BCUT2D eigenvalue weighted by Crippen LogP contribution is 2.21.